The van der Waals surface area contributed by atoms with E-state index in [-0.39, 0.29) is 5.41 Å². The molecule has 1 aromatic carbocycles. The number of aliphatic imine (C=N–C) groups is 1. The van der Waals surface area contributed by atoms with Gasteiger partial charge in [-0.15, -0.1) is 0 Å². The highest BCUT2D eigenvalue weighted by atomic mass is 32.2. The minimum atomic E-state index is 0.222. The van der Waals surface area contributed by atoms with Crippen molar-refractivity contribution in [3.63, 3.8) is 0 Å². The Hall–Kier alpha value is -1.22. The van der Waals surface area contributed by atoms with Crippen molar-refractivity contribution in [1.82, 2.24) is 4.90 Å². The molecule has 0 fully saturated rings. The monoisotopic (exact) mass is 258 g/mol. The van der Waals surface area contributed by atoms with Gasteiger partial charge in [0.05, 0.1) is 6.54 Å². The van der Waals surface area contributed by atoms with E-state index >= 15 is 0 Å². The van der Waals surface area contributed by atoms with Crippen molar-refractivity contribution in [2.75, 3.05) is 13.1 Å². The third kappa shape index (κ3) is 2.07. The number of fused-ring (bicyclic) bond motifs is 1. The van der Waals surface area contributed by atoms with Crippen molar-refractivity contribution in [1.29, 1.82) is 0 Å². The zero-order valence-electron chi connectivity index (χ0n) is 11.1. The molecule has 94 valence electrons. The van der Waals surface area contributed by atoms with Crippen molar-refractivity contribution in [3.05, 3.63) is 41.6 Å². The molecule has 0 amide bonds. The summed E-state index contributed by atoms with van der Waals surface area (Å²) in [6, 6.07) is 8.92. The second-order valence-corrected chi connectivity index (χ2v) is 6.79. The van der Waals surface area contributed by atoms with Crippen LogP contribution >= 0.6 is 11.8 Å². The first kappa shape index (κ1) is 11.8. The van der Waals surface area contributed by atoms with Crippen LogP contribution in [-0.2, 0) is 5.41 Å². The molecule has 0 radical (unpaired) electrons. The molecule has 0 saturated heterocycles. The first-order chi connectivity index (χ1) is 8.54. The highest BCUT2D eigenvalue weighted by Crippen LogP contribution is 2.38. The molecular weight excluding hydrogens is 240 g/mol. The van der Waals surface area contributed by atoms with Crippen LogP contribution in [0, 0.1) is 0 Å². The molecule has 0 aliphatic carbocycles. The number of thioether (sulfide) groups is 1. The van der Waals surface area contributed by atoms with Crippen LogP contribution in [0.5, 0.6) is 0 Å². The second-order valence-electron chi connectivity index (χ2n) is 5.78. The largest absolute Gasteiger partial charge is 0.325 e. The summed E-state index contributed by atoms with van der Waals surface area (Å²) in [5.41, 5.74) is 2.90. The van der Waals surface area contributed by atoms with E-state index in [4.69, 9.17) is 0 Å². The van der Waals surface area contributed by atoms with Crippen molar-refractivity contribution < 1.29 is 0 Å². The van der Waals surface area contributed by atoms with Crippen LogP contribution in [0.1, 0.15) is 31.9 Å². The standard InChI is InChI=1S/C15H18N2S/c1-15(2,3)12-6-4-11(5-7-12)13-10-17-9-8-16-14(17)18-13/h4-7,10H,8-9H2,1-3H3. The summed E-state index contributed by atoms with van der Waals surface area (Å²) in [6.45, 7) is 8.71. The zero-order chi connectivity index (χ0) is 12.8. The number of rotatable bonds is 1. The summed E-state index contributed by atoms with van der Waals surface area (Å²) in [7, 11) is 0. The highest BCUT2D eigenvalue weighted by Gasteiger charge is 2.25. The maximum absolute atomic E-state index is 4.48. The first-order valence-corrected chi connectivity index (χ1v) is 7.17. The lowest BCUT2D eigenvalue weighted by molar-refractivity contribution is 0.590. The molecule has 3 heteroatoms. The van der Waals surface area contributed by atoms with E-state index in [2.05, 4.69) is 61.1 Å². The summed E-state index contributed by atoms with van der Waals surface area (Å²) in [5, 5.41) is 1.16. The summed E-state index contributed by atoms with van der Waals surface area (Å²) in [6.07, 6.45) is 2.22. The van der Waals surface area contributed by atoms with Gasteiger partial charge in [0.1, 0.15) is 0 Å². The maximum Gasteiger partial charge on any atom is 0.168 e. The average Bonchev–Trinajstić information content (AvgIpc) is 2.88. The number of amidine groups is 1. The minimum Gasteiger partial charge on any atom is -0.325 e. The SMILES string of the molecule is CC(C)(C)c1ccc(C2=CN3CCN=C3S2)cc1. The van der Waals surface area contributed by atoms with E-state index in [9.17, 15) is 0 Å². The number of hydrogen-bond acceptors (Lipinski definition) is 3. The van der Waals surface area contributed by atoms with Gasteiger partial charge in [0.25, 0.3) is 0 Å². The normalized spacial score (nSPS) is 18.7. The van der Waals surface area contributed by atoms with Crippen molar-refractivity contribution >= 4 is 21.8 Å². The van der Waals surface area contributed by atoms with Gasteiger partial charge >= 0.3 is 0 Å². The molecule has 0 aromatic heterocycles. The van der Waals surface area contributed by atoms with Crippen LogP contribution in [0.3, 0.4) is 0 Å². The van der Waals surface area contributed by atoms with Gasteiger partial charge in [-0.3, -0.25) is 4.99 Å². The molecule has 2 aliphatic rings. The first-order valence-electron chi connectivity index (χ1n) is 6.36. The van der Waals surface area contributed by atoms with Crippen LogP contribution in [0.15, 0.2) is 35.5 Å². The van der Waals surface area contributed by atoms with Crippen LogP contribution < -0.4 is 0 Å². The average molecular weight is 258 g/mol. The quantitative estimate of drug-likeness (QED) is 0.763. The fourth-order valence-corrected chi connectivity index (χ4v) is 3.23. The zero-order valence-corrected chi connectivity index (χ0v) is 11.9. The Balaban J connectivity index is 1.84. The summed E-state index contributed by atoms with van der Waals surface area (Å²) >= 11 is 1.78. The molecule has 2 aliphatic heterocycles. The molecule has 0 unspecified atom stereocenters. The summed E-state index contributed by atoms with van der Waals surface area (Å²) in [4.78, 5) is 8.05. The fourth-order valence-electron chi connectivity index (χ4n) is 2.18. The van der Waals surface area contributed by atoms with Gasteiger partial charge in [-0.05, 0) is 28.3 Å². The van der Waals surface area contributed by atoms with E-state index in [0.29, 0.717) is 0 Å². The maximum atomic E-state index is 4.48. The molecule has 1 aromatic rings. The van der Waals surface area contributed by atoms with Crippen molar-refractivity contribution in [2.45, 2.75) is 26.2 Å². The van der Waals surface area contributed by atoms with Crippen LogP contribution in [0.4, 0.5) is 0 Å². The van der Waals surface area contributed by atoms with Crippen LogP contribution in [0.2, 0.25) is 0 Å². The Morgan fingerprint density at radius 1 is 1.17 bits per heavy atom. The Morgan fingerprint density at radius 3 is 2.50 bits per heavy atom. The predicted octanol–water partition coefficient (Wildman–Crippen LogP) is 3.70. The minimum absolute atomic E-state index is 0.222. The molecule has 2 nitrogen and oxygen atoms in total. The Labute approximate surface area is 113 Å². The Morgan fingerprint density at radius 2 is 1.89 bits per heavy atom. The smallest absolute Gasteiger partial charge is 0.168 e. The van der Waals surface area contributed by atoms with E-state index in [1.807, 2.05) is 0 Å². The van der Waals surface area contributed by atoms with Crippen LogP contribution in [-0.4, -0.2) is 23.2 Å². The number of nitrogens with zero attached hydrogens (tertiary/aromatic N) is 2. The lowest BCUT2D eigenvalue weighted by Gasteiger charge is -2.19. The third-order valence-corrected chi connectivity index (χ3v) is 4.45. The molecule has 0 saturated carbocycles. The molecule has 0 atom stereocenters. The van der Waals surface area contributed by atoms with Crippen LogP contribution in [0.25, 0.3) is 4.91 Å². The molecule has 0 bridgehead atoms. The van der Waals surface area contributed by atoms with Crippen molar-refractivity contribution in [3.8, 4) is 0 Å². The number of benzene rings is 1. The molecule has 0 spiro atoms. The number of hydrogen-bond donors (Lipinski definition) is 0. The van der Waals surface area contributed by atoms with E-state index < -0.39 is 0 Å². The van der Waals surface area contributed by atoms with Gasteiger partial charge < -0.3 is 4.90 Å². The third-order valence-electron chi connectivity index (χ3n) is 3.34. The molecular formula is C15H18N2S. The summed E-state index contributed by atoms with van der Waals surface area (Å²) < 4.78 is 0. The summed E-state index contributed by atoms with van der Waals surface area (Å²) in [5.74, 6) is 0. The lowest BCUT2D eigenvalue weighted by Crippen LogP contribution is -2.14. The van der Waals surface area contributed by atoms with Crippen molar-refractivity contribution in [2.24, 2.45) is 4.99 Å². The molecule has 18 heavy (non-hydrogen) atoms. The lowest BCUT2D eigenvalue weighted by atomic mass is 9.87. The van der Waals surface area contributed by atoms with E-state index in [1.165, 1.54) is 16.0 Å². The van der Waals surface area contributed by atoms with Gasteiger partial charge in [0, 0.05) is 17.6 Å². The van der Waals surface area contributed by atoms with E-state index in [1.54, 1.807) is 11.8 Å². The van der Waals surface area contributed by atoms with Gasteiger partial charge in [-0.25, -0.2) is 0 Å². The highest BCUT2D eigenvalue weighted by molar-refractivity contribution is 8.22. The predicted molar refractivity (Wildman–Crippen MR) is 79.7 cm³/mol. The Kier molecular flexibility index (Phi) is 2.74. The molecule has 2 heterocycles. The van der Waals surface area contributed by atoms with Gasteiger partial charge in [-0.2, -0.15) is 0 Å². The molecule has 3 rings (SSSR count). The van der Waals surface area contributed by atoms with E-state index in [0.717, 1.165) is 18.3 Å². The van der Waals surface area contributed by atoms with Gasteiger partial charge in [-0.1, -0.05) is 45.0 Å². The fraction of sp³-hybridized carbons (Fsp3) is 0.400. The second kappa shape index (κ2) is 4.16. The molecule has 0 N–H and O–H groups in total. The van der Waals surface area contributed by atoms with Gasteiger partial charge in [0.15, 0.2) is 5.17 Å². The van der Waals surface area contributed by atoms with Gasteiger partial charge in [0.2, 0.25) is 0 Å². The topological polar surface area (TPSA) is 15.6 Å². The Bertz CT molecular complexity index is 520.